The number of fused-ring (bicyclic) bond motifs is 1. The molecule has 1 saturated heterocycles. The Morgan fingerprint density at radius 3 is 3.24 bits per heavy atom. The zero-order valence-corrected chi connectivity index (χ0v) is 9.66. The number of rotatable bonds is 1. The van der Waals surface area contributed by atoms with Crippen molar-refractivity contribution in [2.24, 2.45) is 0 Å². The van der Waals surface area contributed by atoms with Gasteiger partial charge in [-0.3, -0.25) is 4.79 Å². The fraction of sp³-hybridized carbons (Fsp3) is 0.462. The molecule has 1 amide bonds. The van der Waals surface area contributed by atoms with Crippen molar-refractivity contribution in [2.75, 3.05) is 25.1 Å². The molecule has 17 heavy (non-hydrogen) atoms. The molecule has 0 aliphatic carbocycles. The van der Waals surface area contributed by atoms with Crippen LogP contribution in [0.2, 0.25) is 0 Å². The highest BCUT2D eigenvalue weighted by Gasteiger charge is 2.24. The van der Waals surface area contributed by atoms with Crippen molar-refractivity contribution in [2.45, 2.75) is 18.9 Å². The summed E-state index contributed by atoms with van der Waals surface area (Å²) in [5, 5.41) is 6.36. The van der Waals surface area contributed by atoms with Crippen LogP contribution in [0.5, 0.6) is 0 Å². The molecule has 1 aromatic carbocycles. The van der Waals surface area contributed by atoms with Gasteiger partial charge in [0.05, 0.1) is 19.1 Å². The van der Waals surface area contributed by atoms with E-state index < -0.39 is 0 Å². The number of anilines is 1. The average Bonchev–Trinajstić information content (AvgIpc) is 2.55. The van der Waals surface area contributed by atoms with Gasteiger partial charge in [-0.05, 0) is 30.2 Å². The standard InChI is InChI=1S/C13H16N2O2/c16-13-7-10-9(3-1-4-11(10)15-13)12-8-17-6-2-5-14-12/h1,3-4,12,14H,2,5-8H2,(H,15,16). The largest absolute Gasteiger partial charge is 0.379 e. The highest BCUT2D eigenvalue weighted by Crippen LogP contribution is 2.30. The first kappa shape index (κ1) is 10.7. The van der Waals surface area contributed by atoms with Gasteiger partial charge in [-0.2, -0.15) is 0 Å². The van der Waals surface area contributed by atoms with Crippen molar-refractivity contribution in [3.8, 4) is 0 Å². The molecule has 0 spiro atoms. The van der Waals surface area contributed by atoms with Crippen LogP contribution in [0.1, 0.15) is 23.6 Å². The Kier molecular flexibility index (Phi) is 2.82. The average molecular weight is 232 g/mol. The third-order valence-corrected chi connectivity index (χ3v) is 3.34. The van der Waals surface area contributed by atoms with Crippen LogP contribution in [0.15, 0.2) is 18.2 Å². The van der Waals surface area contributed by atoms with Crippen LogP contribution in [0.4, 0.5) is 5.69 Å². The third-order valence-electron chi connectivity index (χ3n) is 3.34. The topological polar surface area (TPSA) is 50.4 Å². The lowest BCUT2D eigenvalue weighted by Gasteiger charge is -2.18. The van der Waals surface area contributed by atoms with Crippen LogP contribution >= 0.6 is 0 Å². The Hall–Kier alpha value is -1.39. The maximum atomic E-state index is 11.4. The quantitative estimate of drug-likeness (QED) is 0.765. The molecule has 90 valence electrons. The Morgan fingerprint density at radius 2 is 2.29 bits per heavy atom. The first-order valence-electron chi connectivity index (χ1n) is 6.07. The van der Waals surface area contributed by atoms with Crippen molar-refractivity contribution in [3.63, 3.8) is 0 Å². The van der Waals surface area contributed by atoms with Crippen molar-refractivity contribution in [3.05, 3.63) is 29.3 Å². The zero-order chi connectivity index (χ0) is 11.7. The first-order valence-corrected chi connectivity index (χ1v) is 6.07. The molecule has 1 atom stereocenters. The number of nitrogens with one attached hydrogen (secondary N) is 2. The van der Waals surface area contributed by atoms with Crippen molar-refractivity contribution >= 4 is 11.6 Å². The Labute approximate surface area is 100 Å². The molecular weight excluding hydrogens is 216 g/mol. The smallest absolute Gasteiger partial charge is 0.228 e. The third kappa shape index (κ3) is 2.06. The van der Waals surface area contributed by atoms with Gasteiger partial charge in [-0.15, -0.1) is 0 Å². The van der Waals surface area contributed by atoms with Gasteiger partial charge in [0, 0.05) is 12.3 Å². The molecule has 3 rings (SSSR count). The summed E-state index contributed by atoms with van der Waals surface area (Å²) in [6, 6.07) is 6.25. The van der Waals surface area contributed by atoms with Crippen LogP contribution in [-0.2, 0) is 16.0 Å². The monoisotopic (exact) mass is 232 g/mol. The predicted molar refractivity (Wildman–Crippen MR) is 65.0 cm³/mol. The molecule has 2 heterocycles. The lowest BCUT2D eigenvalue weighted by atomic mass is 9.98. The molecule has 0 saturated carbocycles. The Balaban J connectivity index is 1.92. The molecule has 4 heteroatoms. The molecule has 2 aliphatic heterocycles. The second-order valence-electron chi connectivity index (χ2n) is 4.53. The lowest BCUT2D eigenvalue weighted by Crippen LogP contribution is -2.24. The number of benzene rings is 1. The summed E-state index contributed by atoms with van der Waals surface area (Å²) in [5.74, 6) is 0.0852. The molecule has 4 nitrogen and oxygen atoms in total. The summed E-state index contributed by atoms with van der Waals surface area (Å²) >= 11 is 0. The van der Waals surface area contributed by atoms with E-state index in [0.717, 1.165) is 30.8 Å². The second-order valence-corrected chi connectivity index (χ2v) is 4.53. The molecule has 2 N–H and O–H groups in total. The molecular formula is C13H16N2O2. The van der Waals surface area contributed by atoms with Crippen molar-refractivity contribution in [1.29, 1.82) is 0 Å². The molecule has 0 bridgehead atoms. The van der Waals surface area contributed by atoms with Crippen LogP contribution in [0, 0.1) is 0 Å². The zero-order valence-electron chi connectivity index (χ0n) is 9.66. The van der Waals surface area contributed by atoms with E-state index in [1.807, 2.05) is 12.1 Å². The van der Waals surface area contributed by atoms with Gasteiger partial charge in [0.1, 0.15) is 0 Å². The number of ether oxygens (including phenoxy) is 1. The normalized spacial score (nSPS) is 24.0. The number of carbonyl (C=O) groups excluding carboxylic acids is 1. The van der Waals surface area contributed by atoms with Crippen LogP contribution in [-0.4, -0.2) is 25.7 Å². The summed E-state index contributed by atoms with van der Waals surface area (Å²) in [6.07, 6.45) is 1.53. The summed E-state index contributed by atoms with van der Waals surface area (Å²) in [4.78, 5) is 11.4. The highest BCUT2D eigenvalue weighted by atomic mass is 16.5. The summed E-state index contributed by atoms with van der Waals surface area (Å²) in [5.41, 5.74) is 3.28. The van der Waals surface area contributed by atoms with Crippen LogP contribution in [0.25, 0.3) is 0 Å². The number of carbonyl (C=O) groups is 1. The van der Waals surface area contributed by atoms with Gasteiger partial charge in [-0.25, -0.2) is 0 Å². The van der Waals surface area contributed by atoms with Gasteiger partial charge in [0.25, 0.3) is 0 Å². The molecule has 0 radical (unpaired) electrons. The minimum absolute atomic E-state index is 0.0852. The maximum Gasteiger partial charge on any atom is 0.228 e. The minimum Gasteiger partial charge on any atom is -0.379 e. The summed E-state index contributed by atoms with van der Waals surface area (Å²) in [7, 11) is 0. The van der Waals surface area contributed by atoms with Crippen LogP contribution in [0.3, 0.4) is 0 Å². The van der Waals surface area contributed by atoms with Gasteiger partial charge in [0.15, 0.2) is 0 Å². The van der Waals surface area contributed by atoms with E-state index in [2.05, 4.69) is 16.7 Å². The van der Waals surface area contributed by atoms with E-state index in [0.29, 0.717) is 13.0 Å². The van der Waals surface area contributed by atoms with Gasteiger partial charge >= 0.3 is 0 Å². The SMILES string of the molecule is O=C1Cc2c(cccc2C2COCCCN2)N1. The van der Waals surface area contributed by atoms with Crippen LogP contribution < -0.4 is 10.6 Å². The van der Waals surface area contributed by atoms with E-state index in [1.165, 1.54) is 5.56 Å². The first-order chi connectivity index (χ1) is 8.34. The highest BCUT2D eigenvalue weighted by molar-refractivity contribution is 5.99. The Morgan fingerprint density at radius 1 is 1.35 bits per heavy atom. The number of amides is 1. The van der Waals surface area contributed by atoms with E-state index >= 15 is 0 Å². The number of hydrogen-bond acceptors (Lipinski definition) is 3. The van der Waals surface area contributed by atoms with E-state index in [9.17, 15) is 4.79 Å². The van der Waals surface area contributed by atoms with E-state index in [-0.39, 0.29) is 11.9 Å². The molecule has 1 aromatic rings. The Bertz CT molecular complexity index is 437. The van der Waals surface area contributed by atoms with Gasteiger partial charge < -0.3 is 15.4 Å². The fourth-order valence-corrected chi connectivity index (χ4v) is 2.51. The summed E-state index contributed by atoms with van der Waals surface area (Å²) in [6.45, 7) is 2.47. The van der Waals surface area contributed by atoms with Crippen molar-refractivity contribution in [1.82, 2.24) is 5.32 Å². The molecule has 0 aromatic heterocycles. The molecule has 1 unspecified atom stereocenters. The lowest BCUT2D eigenvalue weighted by molar-refractivity contribution is -0.115. The maximum absolute atomic E-state index is 11.4. The van der Waals surface area contributed by atoms with E-state index in [1.54, 1.807) is 0 Å². The fourth-order valence-electron chi connectivity index (χ4n) is 2.51. The number of hydrogen-bond donors (Lipinski definition) is 2. The van der Waals surface area contributed by atoms with Gasteiger partial charge in [0.2, 0.25) is 5.91 Å². The minimum atomic E-state index is 0.0852. The predicted octanol–water partition coefficient (Wildman–Crippen LogP) is 1.23. The van der Waals surface area contributed by atoms with Crippen molar-refractivity contribution < 1.29 is 9.53 Å². The molecule has 2 aliphatic rings. The second kappa shape index (κ2) is 4.47. The summed E-state index contributed by atoms with van der Waals surface area (Å²) < 4.78 is 5.58. The van der Waals surface area contributed by atoms with Gasteiger partial charge in [-0.1, -0.05) is 12.1 Å². The molecule has 1 fully saturated rings. The van der Waals surface area contributed by atoms with E-state index in [4.69, 9.17) is 4.74 Å².